The van der Waals surface area contributed by atoms with Crippen LogP contribution in [0.15, 0.2) is 16.9 Å². The lowest BCUT2D eigenvalue weighted by Crippen LogP contribution is -2.50. The van der Waals surface area contributed by atoms with Crippen molar-refractivity contribution in [3.8, 4) is 11.5 Å². The average molecular weight is 286 g/mol. The van der Waals surface area contributed by atoms with Gasteiger partial charge >= 0.3 is 0 Å². The van der Waals surface area contributed by atoms with Crippen molar-refractivity contribution in [2.45, 2.75) is 31.1 Å². The van der Waals surface area contributed by atoms with Crippen LogP contribution in [0.3, 0.4) is 0 Å². The molecule has 2 aliphatic rings. The second-order valence-electron chi connectivity index (χ2n) is 6.01. The van der Waals surface area contributed by atoms with Gasteiger partial charge in [0, 0.05) is 12.6 Å². The van der Waals surface area contributed by atoms with Gasteiger partial charge in [-0.1, -0.05) is 5.16 Å². The minimum absolute atomic E-state index is 0.0281. The molecule has 0 amide bonds. The Labute approximate surface area is 122 Å². The van der Waals surface area contributed by atoms with Crippen LogP contribution in [-0.2, 0) is 5.41 Å². The molecule has 0 radical (unpaired) electrons. The number of nitrogens with zero attached hydrogens (tertiary/aromatic N) is 5. The molecule has 0 aliphatic carbocycles. The zero-order valence-electron chi connectivity index (χ0n) is 11.8. The summed E-state index contributed by atoms with van der Waals surface area (Å²) in [5.74, 6) is 1.65. The summed E-state index contributed by atoms with van der Waals surface area (Å²) in [6.07, 6.45) is 6.05. The van der Waals surface area contributed by atoms with Crippen molar-refractivity contribution in [3.63, 3.8) is 0 Å². The van der Waals surface area contributed by atoms with E-state index in [1.165, 1.54) is 32.3 Å². The maximum atomic E-state index is 5.68. The number of aromatic nitrogens is 4. The molecule has 0 atom stereocenters. The molecule has 2 N–H and O–H groups in total. The number of hydrogen-bond acceptors (Lipinski definition) is 7. The molecule has 7 heteroatoms. The predicted molar refractivity (Wildman–Crippen MR) is 76.3 cm³/mol. The van der Waals surface area contributed by atoms with E-state index in [4.69, 9.17) is 10.3 Å². The number of rotatable bonds is 2. The van der Waals surface area contributed by atoms with Gasteiger partial charge in [-0.15, -0.1) is 0 Å². The van der Waals surface area contributed by atoms with Gasteiger partial charge in [-0.3, -0.25) is 0 Å². The Kier molecular flexibility index (Phi) is 2.88. The SMILES string of the molecule is Nc1cc(-c2noc(C34CCCN(CCC3)C4)n2)ncn1. The summed E-state index contributed by atoms with van der Waals surface area (Å²) in [7, 11) is 0. The van der Waals surface area contributed by atoms with Gasteiger partial charge in [-0.25, -0.2) is 9.97 Å². The number of anilines is 1. The van der Waals surface area contributed by atoms with E-state index in [0.717, 1.165) is 25.3 Å². The van der Waals surface area contributed by atoms with Gasteiger partial charge in [0.2, 0.25) is 11.7 Å². The van der Waals surface area contributed by atoms with Crippen LogP contribution in [-0.4, -0.2) is 44.6 Å². The molecule has 7 nitrogen and oxygen atoms in total. The standard InChI is InChI=1S/C14H18N6O/c15-11-7-10(16-9-17-11)12-18-13(21-19-12)14-3-1-5-20(8-14)6-2-4-14/h7,9H,1-6,8H2,(H2,15,16,17). The number of nitrogens with two attached hydrogens (primary N) is 1. The second kappa shape index (κ2) is 4.77. The van der Waals surface area contributed by atoms with Crippen molar-refractivity contribution in [1.82, 2.24) is 25.0 Å². The van der Waals surface area contributed by atoms with Gasteiger partial charge in [0.25, 0.3) is 0 Å². The Hall–Kier alpha value is -2.02. The summed E-state index contributed by atoms with van der Waals surface area (Å²) in [6, 6.07) is 1.67. The van der Waals surface area contributed by atoms with E-state index >= 15 is 0 Å². The molecule has 2 fully saturated rings. The summed E-state index contributed by atoms with van der Waals surface area (Å²) in [6.45, 7) is 3.40. The van der Waals surface area contributed by atoms with Crippen LogP contribution < -0.4 is 5.73 Å². The maximum Gasteiger partial charge on any atom is 0.234 e. The van der Waals surface area contributed by atoms with Crippen molar-refractivity contribution in [2.75, 3.05) is 25.4 Å². The van der Waals surface area contributed by atoms with Gasteiger partial charge < -0.3 is 15.2 Å². The van der Waals surface area contributed by atoms with Gasteiger partial charge in [0.05, 0.1) is 5.41 Å². The summed E-state index contributed by atoms with van der Waals surface area (Å²) < 4.78 is 5.59. The van der Waals surface area contributed by atoms with Crippen LogP contribution in [0.5, 0.6) is 0 Å². The third-order valence-electron chi connectivity index (χ3n) is 4.58. The topological polar surface area (TPSA) is 94.0 Å². The lowest BCUT2D eigenvalue weighted by molar-refractivity contribution is 0.0711. The number of piperidine rings is 2. The van der Waals surface area contributed by atoms with Gasteiger partial charge in [-0.2, -0.15) is 4.98 Å². The van der Waals surface area contributed by atoms with Crippen LogP contribution in [0.1, 0.15) is 31.6 Å². The zero-order valence-corrected chi connectivity index (χ0v) is 11.8. The molecule has 4 rings (SSSR count). The molecule has 0 unspecified atom stereocenters. The highest BCUT2D eigenvalue weighted by Gasteiger charge is 2.44. The van der Waals surface area contributed by atoms with Gasteiger partial charge in [0.1, 0.15) is 17.8 Å². The summed E-state index contributed by atoms with van der Waals surface area (Å²) >= 11 is 0. The molecule has 2 aliphatic heterocycles. The predicted octanol–water partition coefficient (Wildman–Crippen LogP) is 1.24. The zero-order chi connectivity index (χ0) is 14.3. The fourth-order valence-electron chi connectivity index (χ4n) is 3.58. The second-order valence-corrected chi connectivity index (χ2v) is 6.01. The van der Waals surface area contributed by atoms with Crippen LogP contribution in [0.25, 0.3) is 11.5 Å². The van der Waals surface area contributed by atoms with Crippen LogP contribution in [0.2, 0.25) is 0 Å². The van der Waals surface area contributed by atoms with Gasteiger partial charge in [-0.05, 0) is 38.8 Å². The van der Waals surface area contributed by atoms with Crippen molar-refractivity contribution in [3.05, 3.63) is 18.3 Å². The van der Waals surface area contributed by atoms with E-state index in [-0.39, 0.29) is 5.41 Å². The molecule has 110 valence electrons. The fraction of sp³-hybridized carbons (Fsp3) is 0.571. The molecule has 21 heavy (non-hydrogen) atoms. The van der Waals surface area contributed by atoms with Crippen molar-refractivity contribution in [1.29, 1.82) is 0 Å². The lowest BCUT2D eigenvalue weighted by atomic mass is 9.73. The Morgan fingerprint density at radius 1 is 1.19 bits per heavy atom. The highest BCUT2D eigenvalue weighted by atomic mass is 16.5. The van der Waals surface area contributed by atoms with Crippen molar-refractivity contribution in [2.24, 2.45) is 0 Å². The average Bonchev–Trinajstić information content (AvgIpc) is 2.98. The summed E-state index contributed by atoms with van der Waals surface area (Å²) in [4.78, 5) is 15.1. The fourth-order valence-corrected chi connectivity index (χ4v) is 3.58. The van der Waals surface area contributed by atoms with Crippen LogP contribution in [0.4, 0.5) is 5.82 Å². The molecule has 4 heterocycles. The highest BCUT2D eigenvalue weighted by molar-refractivity contribution is 5.52. The first-order valence-corrected chi connectivity index (χ1v) is 7.40. The maximum absolute atomic E-state index is 5.68. The van der Waals surface area contributed by atoms with E-state index in [1.54, 1.807) is 6.07 Å². The molecule has 2 bridgehead atoms. The van der Waals surface area contributed by atoms with E-state index < -0.39 is 0 Å². The normalized spacial score (nSPS) is 28.5. The Morgan fingerprint density at radius 3 is 2.76 bits per heavy atom. The molecule has 2 saturated heterocycles. The smallest absolute Gasteiger partial charge is 0.234 e. The minimum atomic E-state index is 0.0281. The van der Waals surface area contributed by atoms with Crippen molar-refractivity contribution < 1.29 is 4.52 Å². The van der Waals surface area contributed by atoms with Crippen molar-refractivity contribution >= 4 is 5.82 Å². The first-order valence-electron chi connectivity index (χ1n) is 7.40. The molecular formula is C14H18N6O. The third-order valence-corrected chi connectivity index (χ3v) is 4.58. The quantitative estimate of drug-likeness (QED) is 0.887. The minimum Gasteiger partial charge on any atom is -0.384 e. The lowest BCUT2D eigenvalue weighted by Gasteiger charge is -2.44. The molecular weight excluding hydrogens is 268 g/mol. The number of nitrogen functional groups attached to an aromatic ring is 1. The largest absolute Gasteiger partial charge is 0.384 e. The highest BCUT2D eigenvalue weighted by Crippen LogP contribution is 2.40. The Morgan fingerprint density at radius 2 is 2.00 bits per heavy atom. The van der Waals surface area contributed by atoms with E-state index in [9.17, 15) is 0 Å². The van der Waals surface area contributed by atoms with Crippen LogP contribution in [0, 0.1) is 0 Å². The monoisotopic (exact) mass is 286 g/mol. The molecule has 2 aromatic rings. The number of hydrogen-bond donors (Lipinski definition) is 1. The summed E-state index contributed by atoms with van der Waals surface area (Å²) in [5, 5.41) is 4.09. The molecule has 0 saturated carbocycles. The van der Waals surface area contributed by atoms with Crippen LogP contribution >= 0.6 is 0 Å². The molecule has 0 spiro atoms. The van der Waals surface area contributed by atoms with E-state index in [2.05, 4.69) is 25.0 Å². The third kappa shape index (κ3) is 2.17. The van der Waals surface area contributed by atoms with E-state index in [1.807, 2.05) is 0 Å². The Bertz CT molecular complexity index is 644. The number of fused-ring (bicyclic) bond motifs is 2. The first-order chi connectivity index (χ1) is 10.3. The summed E-state index contributed by atoms with van der Waals surface area (Å²) in [5.41, 5.74) is 6.32. The Balaban J connectivity index is 1.68. The molecule has 0 aromatic carbocycles. The van der Waals surface area contributed by atoms with Gasteiger partial charge in [0.15, 0.2) is 0 Å². The van der Waals surface area contributed by atoms with E-state index in [0.29, 0.717) is 17.3 Å². The molecule has 2 aromatic heterocycles. The first kappa shape index (κ1) is 12.7.